The summed E-state index contributed by atoms with van der Waals surface area (Å²) in [6.45, 7) is 1.93. The van der Waals surface area contributed by atoms with Crippen molar-refractivity contribution in [2.75, 3.05) is 7.11 Å². The molecule has 0 spiro atoms. The summed E-state index contributed by atoms with van der Waals surface area (Å²) in [5.74, 6) is -0.569. The molecular formula is C30H25F4NO5. The summed E-state index contributed by atoms with van der Waals surface area (Å²) in [4.78, 5) is 15.3. The van der Waals surface area contributed by atoms with Crippen LogP contribution in [0.1, 0.15) is 35.7 Å². The second-order valence-corrected chi connectivity index (χ2v) is 8.79. The molecule has 0 unspecified atom stereocenters. The first-order valence-electron chi connectivity index (χ1n) is 12.2. The van der Waals surface area contributed by atoms with Gasteiger partial charge in [-0.3, -0.25) is 0 Å². The molecule has 4 rings (SSSR count). The van der Waals surface area contributed by atoms with E-state index in [2.05, 4.69) is 4.98 Å². The van der Waals surface area contributed by atoms with Gasteiger partial charge in [0.25, 0.3) is 0 Å². The fourth-order valence-corrected chi connectivity index (χ4v) is 3.92. The molecule has 0 saturated carbocycles. The fraction of sp³-hybridized carbons (Fsp3) is 0.200. The molecule has 6 nitrogen and oxygen atoms in total. The van der Waals surface area contributed by atoms with Gasteiger partial charge in [0.1, 0.15) is 42.0 Å². The van der Waals surface area contributed by atoms with Crippen LogP contribution in [0.4, 0.5) is 17.6 Å². The van der Waals surface area contributed by atoms with Gasteiger partial charge < -0.3 is 19.3 Å². The molecule has 0 amide bonds. The molecule has 1 aromatic heterocycles. The standard InChI is InChI=1S/C30H25F4NO5/c1-3-20(29(36)37)13-21-14-23(9-11-26(21)40-16-18-4-7-22(31)8-5-18)39-17-19-6-10-25-24(12-19)27(38-2)15-28(35-25)30(32,33)34/h4-15H,3,16-17H2,1-2H3,(H,36,37)/b20-13+. The maximum absolute atomic E-state index is 13.2. The number of halogens is 4. The van der Waals surface area contributed by atoms with E-state index < -0.39 is 17.8 Å². The Balaban J connectivity index is 1.58. The average Bonchev–Trinajstić information content (AvgIpc) is 2.93. The van der Waals surface area contributed by atoms with Gasteiger partial charge in [-0.15, -0.1) is 0 Å². The van der Waals surface area contributed by atoms with E-state index in [0.717, 1.165) is 11.6 Å². The van der Waals surface area contributed by atoms with Crippen LogP contribution in [0.5, 0.6) is 17.2 Å². The summed E-state index contributed by atoms with van der Waals surface area (Å²) in [7, 11) is 1.29. The van der Waals surface area contributed by atoms with E-state index >= 15 is 0 Å². The van der Waals surface area contributed by atoms with Crippen LogP contribution in [0.2, 0.25) is 0 Å². The van der Waals surface area contributed by atoms with Gasteiger partial charge in [-0.25, -0.2) is 14.2 Å². The van der Waals surface area contributed by atoms with Gasteiger partial charge in [-0.05, 0) is 66.1 Å². The normalized spacial score (nSPS) is 11.9. The van der Waals surface area contributed by atoms with Crippen molar-refractivity contribution in [1.29, 1.82) is 0 Å². The molecule has 10 heteroatoms. The lowest BCUT2D eigenvalue weighted by Crippen LogP contribution is -2.08. The highest BCUT2D eigenvalue weighted by molar-refractivity contribution is 5.92. The number of pyridine rings is 1. The van der Waals surface area contributed by atoms with E-state index in [9.17, 15) is 27.5 Å². The monoisotopic (exact) mass is 555 g/mol. The van der Waals surface area contributed by atoms with Gasteiger partial charge in [0.2, 0.25) is 0 Å². The number of carboxylic acids is 1. The van der Waals surface area contributed by atoms with Gasteiger partial charge in [-0.2, -0.15) is 13.2 Å². The highest BCUT2D eigenvalue weighted by Gasteiger charge is 2.33. The van der Waals surface area contributed by atoms with Crippen molar-refractivity contribution in [3.63, 3.8) is 0 Å². The molecular weight excluding hydrogens is 530 g/mol. The Labute approximate surface area is 227 Å². The van der Waals surface area contributed by atoms with Gasteiger partial charge >= 0.3 is 12.1 Å². The lowest BCUT2D eigenvalue weighted by atomic mass is 10.1. The number of rotatable bonds is 10. The molecule has 208 valence electrons. The summed E-state index contributed by atoms with van der Waals surface area (Å²) in [5.41, 5.74) is 1.11. The SMILES string of the molecule is CC/C(=C\c1cc(OCc2ccc3nc(C(F)(F)F)cc(OC)c3c2)ccc1OCc1ccc(F)cc1)C(=O)O. The Kier molecular flexibility index (Phi) is 8.57. The maximum Gasteiger partial charge on any atom is 0.433 e. The number of alkyl halides is 3. The van der Waals surface area contributed by atoms with E-state index in [1.54, 1.807) is 49.4 Å². The van der Waals surface area contributed by atoms with Crippen LogP contribution in [0.25, 0.3) is 17.0 Å². The second kappa shape index (κ2) is 12.1. The second-order valence-electron chi connectivity index (χ2n) is 8.79. The average molecular weight is 556 g/mol. The zero-order valence-corrected chi connectivity index (χ0v) is 21.6. The Morgan fingerprint density at radius 1 is 0.925 bits per heavy atom. The Bertz CT molecular complexity index is 1550. The van der Waals surface area contributed by atoms with Gasteiger partial charge in [-0.1, -0.05) is 25.1 Å². The smallest absolute Gasteiger partial charge is 0.433 e. The molecule has 0 atom stereocenters. The molecule has 1 heterocycles. The molecule has 0 fully saturated rings. The predicted molar refractivity (Wildman–Crippen MR) is 141 cm³/mol. The van der Waals surface area contributed by atoms with Crippen LogP contribution in [0, 0.1) is 5.82 Å². The number of hydrogen-bond acceptors (Lipinski definition) is 5. The number of carbonyl (C=O) groups is 1. The third-order valence-electron chi connectivity index (χ3n) is 6.03. The van der Waals surface area contributed by atoms with E-state index in [-0.39, 0.29) is 42.3 Å². The molecule has 3 aromatic carbocycles. The number of carboxylic acid groups (broad SMARTS) is 1. The number of aromatic nitrogens is 1. The molecule has 4 aromatic rings. The Hall–Kier alpha value is -4.60. The van der Waals surface area contributed by atoms with Crippen molar-refractivity contribution < 1.29 is 41.7 Å². The van der Waals surface area contributed by atoms with Gasteiger partial charge in [0.15, 0.2) is 0 Å². The number of fused-ring (bicyclic) bond motifs is 1. The van der Waals surface area contributed by atoms with Crippen LogP contribution in [0.15, 0.2) is 72.3 Å². The van der Waals surface area contributed by atoms with Gasteiger partial charge in [0.05, 0.1) is 12.6 Å². The Morgan fingerprint density at radius 2 is 1.62 bits per heavy atom. The van der Waals surface area contributed by atoms with E-state index in [4.69, 9.17) is 14.2 Å². The predicted octanol–water partition coefficient (Wildman–Crippen LogP) is 7.44. The van der Waals surface area contributed by atoms with Gasteiger partial charge in [0, 0.05) is 22.6 Å². The topological polar surface area (TPSA) is 77.9 Å². The zero-order valence-electron chi connectivity index (χ0n) is 21.6. The summed E-state index contributed by atoms with van der Waals surface area (Å²) in [6, 6.07) is 16.3. The third kappa shape index (κ3) is 6.88. The minimum absolute atomic E-state index is 0.0371. The number of hydrogen-bond donors (Lipinski definition) is 1. The van der Waals surface area contributed by atoms with Crippen molar-refractivity contribution in [2.24, 2.45) is 0 Å². The summed E-state index contributed by atoms with van der Waals surface area (Å²) < 4.78 is 69.7. The lowest BCUT2D eigenvalue weighted by molar-refractivity contribution is -0.141. The molecule has 0 radical (unpaired) electrons. The van der Waals surface area contributed by atoms with Crippen LogP contribution in [-0.4, -0.2) is 23.2 Å². The highest BCUT2D eigenvalue weighted by atomic mass is 19.4. The first-order valence-corrected chi connectivity index (χ1v) is 12.2. The van der Waals surface area contributed by atoms with Crippen LogP contribution < -0.4 is 14.2 Å². The Morgan fingerprint density at radius 3 is 2.27 bits per heavy atom. The molecule has 1 N–H and O–H groups in total. The summed E-state index contributed by atoms with van der Waals surface area (Å²) in [5, 5.41) is 9.92. The van der Waals surface area contributed by atoms with Crippen molar-refractivity contribution in [1.82, 2.24) is 4.98 Å². The number of benzene rings is 3. The largest absolute Gasteiger partial charge is 0.496 e. The molecule has 0 bridgehead atoms. The molecule has 0 aliphatic rings. The number of methoxy groups -OCH3 is 1. The molecule has 0 saturated heterocycles. The van der Waals surface area contributed by atoms with E-state index in [0.29, 0.717) is 28.0 Å². The van der Waals surface area contributed by atoms with Crippen LogP contribution >= 0.6 is 0 Å². The summed E-state index contributed by atoms with van der Waals surface area (Å²) in [6.07, 6.45) is -2.83. The van der Waals surface area contributed by atoms with Crippen molar-refractivity contribution >= 4 is 22.9 Å². The van der Waals surface area contributed by atoms with Crippen molar-refractivity contribution in [3.8, 4) is 17.2 Å². The number of ether oxygens (including phenoxy) is 3. The zero-order chi connectivity index (χ0) is 28.9. The third-order valence-corrected chi connectivity index (χ3v) is 6.03. The minimum atomic E-state index is -4.61. The fourth-order valence-electron chi connectivity index (χ4n) is 3.92. The quantitative estimate of drug-likeness (QED) is 0.162. The maximum atomic E-state index is 13.2. The van der Waals surface area contributed by atoms with E-state index in [1.165, 1.54) is 31.4 Å². The van der Waals surface area contributed by atoms with Crippen molar-refractivity contribution in [2.45, 2.75) is 32.7 Å². The van der Waals surface area contributed by atoms with Crippen molar-refractivity contribution in [3.05, 3.63) is 101 Å². The minimum Gasteiger partial charge on any atom is -0.496 e. The van der Waals surface area contributed by atoms with E-state index in [1.807, 2.05) is 0 Å². The number of nitrogens with zero attached hydrogens (tertiary/aromatic N) is 1. The number of aliphatic carboxylic acids is 1. The lowest BCUT2D eigenvalue weighted by Gasteiger charge is -2.14. The van der Waals surface area contributed by atoms with Crippen LogP contribution in [0.3, 0.4) is 0 Å². The summed E-state index contributed by atoms with van der Waals surface area (Å²) >= 11 is 0. The first kappa shape index (κ1) is 28.4. The highest BCUT2D eigenvalue weighted by Crippen LogP contribution is 2.35. The molecule has 0 aliphatic heterocycles. The first-order chi connectivity index (χ1) is 19.1. The molecule has 0 aliphatic carbocycles. The molecule has 40 heavy (non-hydrogen) atoms. The van der Waals surface area contributed by atoms with Crippen LogP contribution in [-0.2, 0) is 24.2 Å².